The van der Waals surface area contributed by atoms with Gasteiger partial charge in [0.25, 0.3) is 0 Å². The maximum Gasteiger partial charge on any atom is 0.324 e. The van der Waals surface area contributed by atoms with Crippen molar-refractivity contribution in [2.24, 2.45) is 5.41 Å². The van der Waals surface area contributed by atoms with E-state index in [1.165, 1.54) is 0 Å². The average molecular weight is 502 g/mol. The molecule has 10 N–H and O–H groups in total. The first-order valence-electron chi connectivity index (χ1n) is 9.70. The van der Waals surface area contributed by atoms with Gasteiger partial charge in [0.05, 0.1) is 31.3 Å². The molecule has 1 aromatic carbocycles. The Labute approximate surface area is 192 Å². The third kappa shape index (κ3) is 11.2. The van der Waals surface area contributed by atoms with Gasteiger partial charge in [-0.3, -0.25) is 0 Å². The van der Waals surface area contributed by atoms with Crippen LogP contribution in [0.3, 0.4) is 0 Å². The van der Waals surface area contributed by atoms with E-state index in [0.717, 1.165) is 16.7 Å². The Kier molecular flexibility index (Phi) is 15.0. The molecule has 0 aliphatic carbocycles. The van der Waals surface area contributed by atoms with Crippen LogP contribution in [0.1, 0.15) is 69.9 Å². The first kappa shape index (κ1) is 33.9. The highest BCUT2D eigenvalue weighted by molar-refractivity contribution is 7.38. The van der Waals surface area contributed by atoms with E-state index in [2.05, 4.69) is 41.5 Å². The van der Waals surface area contributed by atoms with E-state index in [1.54, 1.807) is 0 Å². The quantitative estimate of drug-likeness (QED) is 0.258. The van der Waals surface area contributed by atoms with Crippen LogP contribution in [0.25, 0.3) is 0 Å². The predicted molar refractivity (Wildman–Crippen MR) is 124 cm³/mol. The van der Waals surface area contributed by atoms with Crippen molar-refractivity contribution in [1.82, 2.24) is 0 Å². The summed E-state index contributed by atoms with van der Waals surface area (Å²) in [5.41, 5.74) is 1.92. The molecule has 12 heteroatoms. The first-order valence-corrected chi connectivity index (χ1v) is 12.1. The van der Waals surface area contributed by atoms with E-state index in [9.17, 15) is 20.4 Å². The molecule has 0 aliphatic rings. The lowest BCUT2D eigenvalue weighted by Gasteiger charge is -2.39. The second-order valence-corrected chi connectivity index (χ2v) is 10.6. The van der Waals surface area contributed by atoms with Crippen LogP contribution in [0.15, 0.2) is 12.1 Å². The van der Waals surface area contributed by atoms with Crippen molar-refractivity contribution < 1.29 is 49.8 Å². The van der Waals surface area contributed by atoms with Crippen LogP contribution >= 0.6 is 17.2 Å². The van der Waals surface area contributed by atoms with Crippen LogP contribution < -0.4 is 0 Å². The van der Waals surface area contributed by atoms with Crippen molar-refractivity contribution in [2.45, 2.75) is 65.4 Å². The maximum absolute atomic E-state index is 11.1. The minimum absolute atomic E-state index is 0.228. The fourth-order valence-electron chi connectivity index (χ4n) is 3.05. The molecule has 0 heterocycles. The summed E-state index contributed by atoms with van der Waals surface area (Å²) >= 11 is 0. The van der Waals surface area contributed by atoms with Crippen molar-refractivity contribution in [1.29, 1.82) is 0 Å². The summed E-state index contributed by atoms with van der Waals surface area (Å²) in [5, 5.41) is 40.4. The molecule has 0 saturated heterocycles. The van der Waals surface area contributed by atoms with Crippen LogP contribution in [0.5, 0.6) is 0 Å². The Bertz CT molecular complexity index is 611. The standard InChI is InChI=1S/C20H34O4.2H3O3P/c1-13-8-14(18(2,3)4)16(15(9-13)19(5,6)7)17(24)20(10-21,11-22)12-23;2*1-4(2)3/h8-9,17,21-24H,10-12H2,1-7H3;2*1-3H. The van der Waals surface area contributed by atoms with Crippen molar-refractivity contribution in [3.8, 4) is 0 Å². The van der Waals surface area contributed by atoms with E-state index < -0.39 is 48.5 Å². The monoisotopic (exact) mass is 502 g/mol. The molecule has 0 radical (unpaired) electrons. The van der Waals surface area contributed by atoms with Gasteiger partial charge < -0.3 is 49.8 Å². The molecular formula is C20H40O10P2. The molecule has 0 aliphatic heterocycles. The highest BCUT2D eigenvalue weighted by atomic mass is 31.2. The van der Waals surface area contributed by atoms with Crippen molar-refractivity contribution >= 4 is 17.2 Å². The first-order chi connectivity index (χ1) is 14.3. The van der Waals surface area contributed by atoms with Crippen LogP contribution in [0.2, 0.25) is 0 Å². The average Bonchev–Trinajstić information content (AvgIpc) is 2.60. The van der Waals surface area contributed by atoms with Gasteiger partial charge in [-0.25, -0.2) is 0 Å². The van der Waals surface area contributed by atoms with E-state index in [1.807, 2.05) is 19.1 Å². The van der Waals surface area contributed by atoms with Crippen LogP contribution in [-0.2, 0) is 10.8 Å². The molecular weight excluding hydrogens is 462 g/mol. The number of benzene rings is 1. The Hall–Kier alpha value is -0.320. The predicted octanol–water partition coefficient (Wildman–Crippen LogP) is 0.967. The number of aryl methyl sites for hydroxylation is 1. The zero-order valence-corrected chi connectivity index (χ0v) is 21.5. The zero-order chi connectivity index (χ0) is 26.1. The molecule has 10 nitrogen and oxygen atoms in total. The van der Waals surface area contributed by atoms with Gasteiger partial charge in [0.15, 0.2) is 0 Å². The van der Waals surface area contributed by atoms with Crippen LogP contribution in [0.4, 0.5) is 0 Å². The van der Waals surface area contributed by atoms with Crippen molar-refractivity contribution in [2.75, 3.05) is 19.8 Å². The Balaban J connectivity index is 0. The number of hydrogen-bond donors (Lipinski definition) is 10. The third-order valence-corrected chi connectivity index (χ3v) is 4.74. The second kappa shape index (κ2) is 14.2. The molecule has 0 fully saturated rings. The molecule has 1 rings (SSSR count). The summed E-state index contributed by atoms with van der Waals surface area (Å²) in [5.74, 6) is 0. The third-order valence-electron chi connectivity index (χ3n) is 4.74. The molecule has 1 unspecified atom stereocenters. The fraction of sp³-hybridized carbons (Fsp3) is 0.700. The van der Waals surface area contributed by atoms with Gasteiger partial charge in [-0.15, -0.1) is 0 Å². The number of hydrogen-bond acceptors (Lipinski definition) is 10. The highest BCUT2D eigenvalue weighted by Crippen LogP contribution is 2.44. The van der Waals surface area contributed by atoms with Crippen molar-refractivity contribution in [3.63, 3.8) is 0 Å². The Morgan fingerprint density at radius 1 is 0.688 bits per heavy atom. The van der Waals surface area contributed by atoms with Gasteiger partial charge in [0.2, 0.25) is 0 Å². The lowest BCUT2D eigenvalue weighted by Crippen LogP contribution is -2.42. The van der Waals surface area contributed by atoms with Gasteiger partial charge >= 0.3 is 17.2 Å². The summed E-state index contributed by atoms with van der Waals surface area (Å²) in [6.45, 7) is 13.0. The van der Waals surface area contributed by atoms with E-state index >= 15 is 0 Å². The molecule has 190 valence electrons. The number of aliphatic hydroxyl groups is 4. The van der Waals surface area contributed by atoms with E-state index in [0.29, 0.717) is 5.56 Å². The molecule has 0 spiro atoms. The minimum Gasteiger partial charge on any atom is -0.395 e. The summed E-state index contributed by atoms with van der Waals surface area (Å²) in [4.78, 5) is 43.4. The van der Waals surface area contributed by atoms with Gasteiger partial charge in [-0.05, 0) is 34.4 Å². The molecule has 1 aromatic rings. The van der Waals surface area contributed by atoms with Gasteiger partial charge in [-0.2, -0.15) is 0 Å². The second-order valence-electron chi connectivity index (χ2n) is 9.55. The molecule has 1 atom stereocenters. The van der Waals surface area contributed by atoms with Crippen LogP contribution in [-0.4, -0.2) is 69.6 Å². The van der Waals surface area contributed by atoms with E-state index in [-0.39, 0.29) is 10.8 Å². The van der Waals surface area contributed by atoms with E-state index in [4.69, 9.17) is 29.4 Å². The zero-order valence-electron chi connectivity index (χ0n) is 19.7. The topological polar surface area (TPSA) is 202 Å². The molecule has 0 bridgehead atoms. The smallest absolute Gasteiger partial charge is 0.324 e. The highest BCUT2D eigenvalue weighted by Gasteiger charge is 2.42. The molecule has 0 saturated carbocycles. The van der Waals surface area contributed by atoms with Gasteiger partial charge in [0.1, 0.15) is 0 Å². The SMILES string of the molecule is Cc1cc(C(C)(C)C)c(C(O)C(CO)(CO)CO)c(C(C)(C)C)c1.OP(O)O.OP(O)O. The lowest BCUT2D eigenvalue weighted by atomic mass is 9.69. The number of aliphatic hydroxyl groups excluding tert-OH is 4. The Morgan fingerprint density at radius 3 is 1.12 bits per heavy atom. The molecule has 0 aromatic heterocycles. The largest absolute Gasteiger partial charge is 0.395 e. The Morgan fingerprint density at radius 2 is 0.938 bits per heavy atom. The fourth-order valence-corrected chi connectivity index (χ4v) is 3.05. The molecule has 0 amide bonds. The lowest BCUT2D eigenvalue weighted by molar-refractivity contribution is -0.0862. The minimum atomic E-state index is -2.62. The normalized spacial score (nSPS) is 13.3. The van der Waals surface area contributed by atoms with Crippen LogP contribution in [0, 0.1) is 12.3 Å². The van der Waals surface area contributed by atoms with Gasteiger partial charge in [0, 0.05) is 0 Å². The van der Waals surface area contributed by atoms with Gasteiger partial charge in [-0.1, -0.05) is 59.2 Å². The maximum atomic E-state index is 11.1. The summed E-state index contributed by atoms with van der Waals surface area (Å²) in [6, 6.07) is 4.09. The molecule has 32 heavy (non-hydrogen) atoms. The summed E-state index contributed by atoms with van der Waals surface area (Å²) in [6.07, 6.45) is -1.17. The summed E-state index contributed by atoms with van der Waals surface area (Å²) in [7, 11) is -5.24. The number of rotatable bonds is 5. The van der Waals surface area contributed by atoms with Crippen molar-refractivity contribution in [3.05, 3.63) is 34.4 Å². The summed E-state index contributed by atoms with van der Waals surface area (Å²) < 4.78 is 0.